The summed E-state index contributed by atoms with van der Waals surface area (Å²) in [7, 11) is 0. The minimum Gasteiger partial charge on any atom is -0.337 e. The molecular formula is C22H29FN4O. The van der Waals surface area contributed by atoms with Crippen LogP contribution in [0.25, 0.3) is 0 Å². The second-order valence-electron chi connectivity index (χ2n) is 7.26. The molecule has 0 saturated carbocycles. The third-order valence-electron chi connectivity index (χ3n) is 5.18. The molecule has 2 aromatic rings. The van der Waals surface area contributed by atoms with Crippen molar-refractivity contribution in [1.29, 1.82) is 0 Å². The number of hydrogen-bond acceptors (Lipinski definition) is 3. The molecule has 0 saturated heterocycles. The second-order valence-corrected chi connectivity index (χ2v) is 7.26. The van der Waals surface area contributed by atoms with Gasteiger partial charge in [-0.25, -0.2) is 14.2 Å². The van der Waals surface area contributed by atoms with Crippen molar-refractivity contribution in [2.75, 3.05) is 29.4 Å². The summed E-state index contributed by atoms with van der Waals surface area (Å²) in [6.07, 6.45) is 5.75. The van der Waals surface area contributed by atoms with Gasteiger partial charge in [-0.15, -0.1) is 0 Å². The van der Waals surface area contributed by atoms with Crippen molar-refractivity contribution < 1.29 is 9.18 Å². The molecule has 150 valence electrons. The zero-order valence-corrected chi connectivity index (χ0v) is 16.7. The van der Waals surface area contributed by atoms with Crippen molar-refractivity contribution in [2.24, 2.45) is 5.92 Å². The first-order chi connectivity index (χ1) is 13.6. The van der Waals surface area contributed by atoms with Crippen LogP contribution >= 0.6 is 0 Å². The minimum absolute atomic E-state index is 0.0589. The number of nitrogens with zero attached hydrogens (tertiary/aromatic N) is 3. The molecular weight excluding hydrogens is 355 g/mol. The Balaban J connectivity index is 1.75. The molecule has 0 aliphatic carbocycles. The summed E-state index contributed by atoms with van der Waals surface area (Å²) >= 11 is 0. The predicted octanol–water partition coefficient (Wildman–Crippen LogP) is 5.10. The molecule has 0 radical (unpaired) electrons. The molecule has 0 fully saturated rings. The van der Waals surface area contributed by atoms with E-state index in [9.17, 15) is 9.18 Å². The van der Waals surface area contributed by atoms with Crippen LogP contribution in [0.1, 0.15) is 39.5 Å². The molecule has 2 amide bonds. The van der Waals surface area contributed by atoms with Crippen molar-refractivity contribution in [1.82, 2.24) is 10.3 Å². The lowest BCUT2D eigenvalue weighted by atomic mass is 9.98. The first-order valence-corrected chi connectivity index (χ1v) is 10.2. The monoisotopic (exact) mass is 384 g/mol. The second kappa shape index (κ2) is 9.53. The van der Waals surface area contributed by atoms with Crippen molar-refractivity contribution in [3.05, 3.63) is 48.4 Å². The molecule has 3 rings (SSSR count). The van der Waals surface area contributed by atoms with Crippen molar-refractivity contribution in [3.8, 4) is 0 Å². The van der Waals surface area contributed by atoms with Gasteiger partial charge >= 0.3 is 6.03 Å². The number of pyridine rings is 1. The molecule has 0 atom stereocenters. The predicted molar refractivity (Wildman–Crippen MR) is 112 cm³/mol. The zero-order chi connectivity index (χ0) is 19.9. The molecule has 0 unspecified atom stereocenters. The Kier molecular flexibility index (Phi) is 6.85. The van der Waals surface area contributed by atoms with Crippen LogP contribution in [0.5, 0.6) is 0 Å². The fraction of sp³-hybridized carbons (Fsp3) is 0.455. The lowest BCUT2D eigenvalue weighted by Gasteiger charge is -2.37. The quantitative estimate of drug-likeness (QED) is 0.722. The van der Waals surface area contributed by atoms with Crippen LogP contribution in [0.3, 0.4) is 0 Å². The summed E-state index contributed by atoms with van der Waals surface area (Å²) in [4.78, 5) is 20.9. The molecule has 1 aliphatic heterocycles. The van der Waals surface area contributed by atoms with E-state index in [0.717, 1.165) is 37.1 Å². The van der Waals surface area contributed by atoms with Gasteiger partial charge in [-0.2, -0.15) is 0 Å². The number of fused-ring (bicyclic) bond motifs is 1. The number of anilines is 3. The molecule has 5 nitrogen and oxygen atoms in total. The summed E-state index contributed by atoms with van der Waals surface area (Å²) in [5.41, 5.74) is 1.75. The van der Waals surface area contributed by atoms with Gasteiger partial charge in [0.05, 0.1) is 17.6 Å². The van der Waals surface area contributed by atoms with Gasteiger partial charge in [0.25, 0.3) is 0 Å². The maximum atomic E-state index is 13.2. The Hall–Kier alpha value is -2.63. The Bertz CT molecular complexity index is 774. The number of carbonyl (C=O) groups is 1. The highest BCUT2D eigenvalue weighted by Gasteiger charge is 2.28. The van der Waals surface area contributed by atoms with Gasteiger partial charge in [-0.05, 0) is 43.0 Å². The number of amides is 2. The lowest BCUT2D eigenvalue weighted by Crippen LogP contribution is -2.48. The first-order valence-electron chi connectivity index (χ1n) is 10.2. The lowest BCUT2D eigenvalue weighted by molar-refractivity contribution is 0.243. The van der Waals surface area contributed by atoms with Gasteiger partial charge in [0.15, 0.2) is 0 Å². The van der Waals surface area contributed by atoms with Crippen LogP contribution in [0.15, 0.2) is 42.6 Å². The van der Waals surface area contributed by atoms with Gasteiger partial charge in [-0.1, -0.05) is 38.8 Å². The van der Waals surface area contributed by atoms with E-state index in [2.05, 4.69) is 24.1 Å². The average molecular weight is 384 g/mol. The fourth-order valence-corrected chi connectivity index (χ4v) is 3.83. The Morgan fingerprint density at radius 3 is 2.46 bits per heavy atom. The molecule has 1 aromatic heterocycles. The number of halogens is 1. The standard InChI is InChI=1S/C22H29FN4O/c1-3-7-17(8-4-2)15-25-22(28)27-14-13-26(19-9-5-6-10-20(19)27)21-12-11-18(23)16-24-21/h5-6,9-12,16-17H,3-4,7-8,13-15H2,1-2H3,(H,25,28). The summed E-state index contributed by atoms with van der Waals surface area (Å²) in [6.45, 7) is 6.24. The van der Waals surface area contributed by atoms with E-state index in [1.54, 1.807) is 11.0 Å². The van der Waals surface area contributed by atoms with E-state index in [1.807, 2.05) is 29.2 Å². The molecule has 1 aromatic carbocycles. The maximum absolute atomic E-state index is 13.2. The molecule has 2 heterocycles. The van der Waals surface area contributed by atoms with Gasteiger partial charge in [0.1, 0.15) is 11.6 Å². The zero-order valence-electron chi connectivity index (χ0n) is 16.7. The van der Waals surface area contributed by atoms with E-state index in [-0.39, 0.29) is 11.8 Å². The van der Waals surface area contributed by atoms with E-state index in [4.69, 9.17) is 0 Å². The Morgan fingerprint density at radius 1 is 1.11 bits per heavy atom. The van der Waals surface area contributed by atoms with Gasteiger partial charge in [-0.3, -0.25) is 4.90 Å². The Morgan fingerprint density at radius 2 is 1.82 bits per heavy atom. The van der Waals surface area contributed by atoms with Crippen LogP contribution in [0.4, 0.5) is 26.4 Å². The third kappa shape index (κ3) is 4.61. The van der Waals surface area contributed by atoms with Crippen molar-refractivity contribution in [3.63, 3.8) is 0 Å². The van der Waals surface area contributed by atoms with E-state index < -0.39 is 0 Å². The minimum atomic E-state index is -0.358. The smallest absolute Gasteiger partial charge is 0.322 e. The first kappa shape index (κ1) is 20.1. The fourth-order valence-electron chi connectivity index (χ4n) is 3.83. The summed E-state index contributed by atoms with van der Waals surface area (Å²) < 4.78 is 13.2. The maximum Gasteiger partial charge on any atom is 0.322 e. The molecule has 28 heavy (non-hydrogen) atoms. The number of para-hydroxylation sites is 2. The highest BCUT2D eigenvalue weighted by molar-refractivity contribution is 5.97. The topological polar surface area (TPSA) is 48.5 Å². The Labute approximate surface area is 166 Å². The van der Waals surface area contributed by atoms with Crippen LogP contribution in [-0.2, 0) is 0 Å². The molecule has 0 bridgehead atoms. The number of rotatable bonds is 7. The van der Waals surface area contributed by atoms with Crippen LogP contribution < -0.4 is 15.1 Å². The number of benzene rings is 1. The van der Waals surface area contributed by atoms with Crippen LogP contribution in [0, 0.1) is 11.7 Å². The highest BCUT2D eigenvalue weighted by Crippen LogP contribution is 2.36. The number of nitrogens with one attached hydrogen (secondary N) is 1. The van der Waals surface area contributed by atoms with Crippen LogP contribution in [0.2, 0.25) is 0 Å². The average Bonchev–Trinajstić information content (AvgIpc) is 2.72. The number of urea groups is 1. The molecule has 6 heteroatoms. The number of aromatic nitrogens is 1. The van der Waals surface area contributed by atoms with Gasteiger partial charge in [0, 0.05) is 19.6 Å². The largest absolute Gasteiger partial charge is 0.337 e. The molecule has 0 spiro atoms. The van der Waals surface area contributed by atoms with E-state index in [1.165, 1.54) is 12.3 Å². The molecule has 1 N–H and O–H groups in total. The number of hydrogen-bond donors (Lipinski definition) is 1. The van der Waals surface area contributed by atoms with E-state index >= 15 is 0 Å². The van der Waals surface area contributed by atoms with Crippen molar-refractivity contribution in [2.45, 2.75) is 39.5 Å². The summed E-state index contributed by atoms with van der Waals surface area (Å²) in [5, 5.41) is 3.13. The normalized spacial score (nSPS) is 13.6. The van der Waals surface area contributed by atoms with Gasteiger partial charge in [0.2, 0.25) is 0 Å². The third-order valence-corrected chi connectivity index (χ3v) is 5.18. The highest BCUT2D eigenvalue weighted by atomic mass is 19.1. The number of carbonyl (C=O) groups excluding carboxylic acids is 1. The SMILES string of the molecule is CCCC(CCC)CNC(=O)N1CCN(c2ccc(F)cn2)c2ccccc21. The van der Waals surface area contributed by atoms with E-state index in [0.29, 0.717) is 31.4 Å². The summed E-state index contributed by atoms with van der Waals surface area (Å²) in [5.74, 6) is 0.850. The van der Waals surface area contributed by atoms with Crippen LogP contribution in [-0.4, -0.2) is 30.6 Å². The summed E-state index contributed by atoms with van der Waals surface area (Å²) in [6, 6.07) is 10.8. The van der Waals surface area contributed by atoms with Crippen molar-refractivity contribution >= 4 is 23.2 Å². The van der Waals surface area contributed by atoms with Gasteiger partial charge < -0.3 is 10.2 Å². The molecule has 1 aliphatic rings.